The van der Waals surface area contributed by atoms with Gasteiger partial charge in [0, 0.05) is 0 Å². The van der Waals surface area contributed by atoms with Crippen LogP contribution in [0, 0.1) is 0 Å². The van der Waals surface area contributed by atoms with Gasteiger partial charge in [-0.2, -0.15) is 4.99 Å². The van der Waals surface area contributed by atoms with Crippen LogP contribution >= 0.6 is 0 Å². The van der Waals surface area contributed by atoms with Gasteiger partial charge in [0.1, 0.15) is 0 Å². The molecule has 0 radical (unpaired) electrons. The number of methoxy groups -OCH3 is 1. The van der Waals surface area contributed by atoms with Gasteiger partial charge in [-0.05, 0) is 6.42 Å². The van der Waals surface area contributed by atoms with Gasteiger partial charge in [0.2, 0.25) is 6.08 Å². The molecule has 0 rings (SSSR count). The molecule has 10 heavy (non-hydrogen) atoms. The van der Waals surface area contributed by atoms with Crippen LogP contribution in [0.5, 0.6) is 0 Å². The molecule has 0 bridgehead atoms. The SMILES string of the molecule is CCC(N=C=O)C(=O)OC. The number of ether oxygens (including phenoxy) is 1. The lowest BCUT2D eigenvalue weighted by molar-refractivity contribution is -0.142. The summed E-state index contributed by atoms with van der Waals surface area (Å²) in [6.07, 6.45) is 1.77. The number of nitrogens with zero attached hydrogens (tertiary/aromatic N) is 1. The Morgan fingerprint density at radius 3 is 2.70 bits per heavy atom. The predicted octanol–water partition coefficient (Wildman–Crippen LogP) is 0.274. The number of esters is 1. The molecule has 0 amide bonds. The van der Waals surface area contributed by atoms with Gasteiger partial charge >= 0.3 is 5.97 Å². The fourth-order valence-electron chi connectivity index (χ4n) is 0.510. The molecule has 0 aliphatic carbocycles. The molecule has 0 aliphatic rings. The highest BCUT2D eigenvalue weighted by Gasteiger charge is 2.14. The van der Waals surface area contributed by atoms with Crippen LogP contribution in [0.3, 0.4) is 0 Å². The molecule has 0 aromatic heterocycles. The molecule has 56 valence electrons. The van der Waals surface area contributed by atoms with E-state index in [9.17, 15) is 9.59 Å². The maximum absolute atomic E-state index is 10.6. The highest BCUT2D eigenvalue weighted by molar-refractivity contribution is 5.76. The standard InChI is InChI=1S/C6H9NO3/c1-3-5(7-4-8)6(9)10-2/h5H,3H2,1-2H3. The van der Waals surface area contributed by atoms with Crippen molar-refractivity contribution in [3.63, 3.8) is 0 Å². The van der Waals surface area contributed by atoms with Crippen molar-refractivity contribution < 1.29 is 14.3 Å². The first-order valence-corrected chi connectivity index (χ1v) is 2.91. The number of carbonyl (C=O) groups excluding carboxylic acids is 2. The zero-order valence-electron chi connectivity index (χ0n) is 5.96. The molecule has 0 saturated heterocycles. The van der Waals surface area contributed by atoms with Gasteiger partial charge in [-0.25, -0.2) is 9.59 Å². The summed E-state index contributed by atoms with van der Waals surface area (Å²) in [7, 11) is 1.26. The highest BCUT2D eigenvalue weighted by Crippen LogP contribution is 1.97. The van der Waals surface area contributed by atoms with E-state index >= 15 is 0 Å². The molecule has 0 saturated carbocycles. The predicted molar refractivity (Wildman–Crippen MR) is 34.2 cm³/mol. The van der Waals surface area contributed by atoms with E-state index in [4.69, 9.17) is 0 Å². The molecule has 0 fully saturated rings. The fraction of sp³-hybridized carbons (Fsp3) is 0.667. The van der Waals surface area contributed by atoms with E-state index in [0.29, 0.717) is 6.42 Å². The Bertz CT molecular complexity index is 160. The molecule has 0 aliphatic heterocycles. The van der Waals surface area contributed by atoms with Crippen molar-refractivity contribution in [2.75, 3.05) is 7.11 Å². The monoisotopic (exact) mass is 143 g/mol. The maximum atomic E-state index is 10.6. The molecule has 4 heteroatoms. The van der Waals surface area contributed by atoms with Crippen LogP contribution in [0.1, 0.15) is 13.3 Å². The molecule has 0 aromatic rings. The van der Waals surface area contributed by atoms with Crippen LogP contribution in [0.25, 0.3) is 0 Å². The van der Waals surface area contributed by atoms with E-state index in [1.807, 2.05) is 0 Å². The summed E-state index contributed by atoms with van der Waals surface area (Å²) in [5, 5.41) is 0. The molecule has 1 unspecified atom stereocenters. The molecular weight excluding hydrogens is 134 g/mol. The highest BCUT2D eigenvalue weighted by atomic mass is 16.5. The van der Waals surface area contributed by atoms with Gasteiger partial charge < -0.3 is 4.74 Å². The quantitative estimate of drug-likeness (QED) is 0.324. The summed E-state index contributed by atoms with van der Waals surface area (Å²) >= 11 is 0. The second kappa shape index (κ2) is 4.70. The van der Waals surface area contributed by atoms with E-state index in [-0.39, 0.29) is 0 Å². The third kappa shape index (κ3) is 2.42. The summed E-state index contributed by atoms with van der Waals surface area (Å²) in [4.78, 5) is 23.6. The van der Waals surface area contributed by atoms with Crippen LogP contribution in [0.15, 0.2) is 4.99 Å². The summed E-state index contributed by atoms with van der Waals surface area (Å²) in [5.74, 6) is -0.495. The summed E-state index contributed by atoms with van der Waals surface area (Å²) in [6.45, 7) is 1.74. The number of hydrogen-bond donors (Lipinski definition) is 0. The van der Waals surface area contributed by atoms with Crippen LogP contribution in [-0.4, -0.2) is 25.2 Å². The minimum Gasteiger partial charge on any atom is -0.467 e. The zero-order valence-corrected chi connectivity index (χ0v) is 5.96. The van der Waals surface area contributed by atoms with Crippen LogP contribution in [0.2, 0.25) is 0 Å². The zero-order chi connectivity index (χ0) is 7.98. The van der Waals surface area contributed by atoms with Crippen LogP contribution in [0.4, 0.5) is 0 Å². The minimum atomic E-state index is -0.678. The molecule has 0 heterocycles. The Hall–Kier alpha value is -1.15. The first kappa shape index (κ1) is 8.85. The lowest BCUT2D eigenvalue weighted by Crippen LogP contribution is -2.18. The molecule has 0 spiro atoms. The maximum Gasteiger partial charge on any atom is 0.331 e. The van der Waals surface area contributed by atoms with E-state index in [1.54, 1.807) is 6.92 Å². The first-order valence-electron chi connectivity index (χ1n) is 2.91. The topological polar surface area (TPSA) is 55.7 Å². The van der Waals surface area contributed by atoms with Crippen molar-refractivity contribution >= 4 is 12.0 Å². The number of isocyanates is 1. The lowest BCUT2D eigenvalue weighted by atomic mass is 10.2. The average molecular weight is 143 g/mol. The van der Waals surface area contributed by atoms with Gasteiger partial charge in [-0.15, -0.1) is 0 Å². The summed E-state index contributed by atoms with van der Waals surface area (Å²) in [6, 6.07) is -0.678. The van der Waals surface area contributed by atoms with Crippen molar-refractivity contribution in [2.45, 2.75) is 19.4 Å². The van der Waals surface area contributed by atoms with E-state index < -0.39 is 12.0 Å². The average Bonchev–Trinajstić information content (AvgIpc) is 1.99. The minimum absolute atomic E-state index is 0.460. The summed E-state index contributed by atoms with van der Waals surface area (Å²) in [5.41, 5.74) is 0. The van der Waals surface area contributed by atoms with Crippen molar-refractivity contribution in [1.29, 1.82) is 0 Å². The van der Waals surface area contributed by atoms with E-state index in [2.05, 4.69) is 9.73 Å². The number of carbonyl (C=O) groups is 1. The third-order valence-corrected chi connectivity index (χ3v) is 1.07. The second-order valence-corrected chi connectivity index (χ2v) is 1.67. The molecule has 4 nitrogen and oxygen atoms in total. The van der Waals surface area contributed by atoms with Gasteiger partial charge in [0.25, 0.3) is 0 Å². The van der Waals surface area contributed by atoms with Crippen molar-refractivity contribution in [1.82, 2.24) is 0 Å². The van der Waals surface area contributed by atoms with Crippen molar-refractivity contribution in [3.8, 4) is 0 Å². The van der Waals surface area contributed by atoms with Gasteiger partial charge in [-0.3, -0.25) is 0 Å². The van der Waals surface area contributed by atoms with Crippen LogP contribution < -0.4 is 0 Å². The largest absolute Gasteiger partial charge is 0.467 e. The van der Waals surface area contributed by atoms with E-state index in [0.717, 1.165) is 0 Å². The Morgan fingerprint density at radius 2 is 2.40 bits per heavy atom. The van der Waals surface area contributed by atoms with Gasteiger partial charge in [0.05, 0.1) is 7.11 Å². The van der Waals surface area contributed by atoms with Gasteiger partial charge in [-0.1, -0.05) is 6.92 Å². The first-order chi connectivity index (χ1) is 4.76. The molecule has 0 N–H and O–H groups in total. The summed E-state index contributed by atoms with van der Waals surface area (Å²) < 4.78 is 4.34. The smallest absolute Gasteiger partial charge is 0.331 e. The fourth-order valence-corrected chi connectivity index (χ4v) is 0.510. The van der Waals surface area contributed by atoms with Crippen molar-refractivity contribution in [2.24, 2.45) is 4.99 Å². The Labute approximate surface area is 58.9 Å². The Kier molecular flexibility index (Phi) is 4.16. The third-order valence-electron chi connectivity index (χ3n) is 1.07. The number of aliphatic imine (C=N–C) groups is 1. The lowest BCUT2D eigenvalue weighted by Gasteiger charge is -2.02. The van der Waals surface area contributed by atoms with Crippen molar-refractivity contribution in [3.05, 3.63) is 0 Å². The number of hydrogen-bond acceptors (Lipinski definition) is 4. The number of rotatable bonds is 3. The van der Waals surface area contributed by atoms with E-state index in [1.165, 1.54) is 13.2 Å². The second-order valence-electron chi connectivity index (χ2n) is 1.67. The van der Waals surface area contributed by atoms with Gasteiger partial charge in [0.15, 0.2) is 6.04 Å². The molecule has 1 atom stereocenters. The Morgan fingerprint density at radius 1 is 1.80 bits per heavy atom. The molecular formula is C6H9NO3. The molecule has 0 aromatic carbocycles. The Balaban J connectivity index is 4.05. The normalized spacial score (nSPS) is 11.4. The van der Waals surface area contributed by atoms with Crippen LogP contribution in [-0.2, 0) is 14.3 Å².